The van der Waals surface area contributed by atoms with E-state index in [-0.39, 0.29) is 5.41 Å². The zero-order chi connectivity index (χ0) is 24.5. The summed E-state index contributed by atoms with van der Waals surface area (Å²) >= 11 is 0. The van der Waals surface area contributed by atoms with Crippen LogP contribution in [0.25, 0.3) is 0 Å². The van der Waals surface area contributed by atoms with Crippen molar-refractivity contribution in [1.82, 2.24) is 10.6 Å². The molecule has 0 bridgehead atoms. The van der Waals surface area contributed by atoms with Crippen molar-refractivity contribution >= 4 is 21.9 Å². The van der Waals surface area contributed by atoms with E-state index in [1.54, 1.807) is 13.0 Å². The largest absolute Gasteiger partial charge is 0.357 e. The van der Waals surface area contributed by atoms with Gasteiger partial charge >= 0.3 is 0 Å². The van der Waals surface area contributed by atoms with E-state index in [9.17, 15) is 18.0 Å². The number of nitrogens with one attached hydrogen (secondary N) is 2. The van der Waals surface area contributed by atoms with Crippen molar-refractivity contribution in [3.63, 3.8) is 0 Å². The van der Waals surface area contributed by atoms with Gasteiger partial charge in [-0.3, -0.25) is 14.1 Å². The second-order valence-corrected chi connectivity index (χ2v) is 10.3. The molecule has 3 N–H and O–H groups in total. The maximum Gasteiger partial charge on any atom is 0.267 e. The molecule has 1 aliphatic carbocycles. The molecule has 0 aliphatic heterocycles. The first kappa shape index (κ1) is 27.6. The second kappa shape index (κ2) is 12.0. The van der Waals surface area contributed by atoms with Crippen LogP contribution in [0.3, 0.4) is 0 Å². The molecular formula is C24H36N2O5S. The summed E-state index contributed by atoms with van der Waals surface area (Å²) in [5.41, 5.74) is 4.69. The van der Waals surface area contributed by atoms with Gasteiger partial charge in [0, 0.05) is 13.1 Å². The highest BCUT2D eigenvalue weighted by molar-refractivity contribution is 7.85. The third-order valence-electron chi connectivity index (χ3n) is 5.39. The maximum absolute atomic E-state index is 12.1. The lowest BCUT2D eigenvalue weighted by atomic mass is 9.72. The summed E-state index contributed by atoms with van der Waals surface area (Å²) in [6, 6.07) is -1.38. The molecule has 178 valence electrons. The summed E-state index contributed by atoms with van der Waals surface area (Å²) in [7, 11) is -3.12. The summed E-state index contributed by atoms with van der Waals surface area (Å²) in [5.74, 6) is -2.25. The van der Waals surface area contributed by atoms with E-state index in [4.69, 9.17) is 4.55 Å². The fraction of sp³-hybridized carbons (Fsp3) is 0.500. The molecule has 0 aromatic rings. The standard InChI is InChI=1S/C24H36N2O5S/c1-17(12-13-20-19(3)11-8-14-24(20,4)5)9-7-10-18(2)15-22(27)26-21(23(28)25-6)16-32(29,30)31/h7,9-10,12-13,15,21H,8,11,14,16H2,1-6H3,(H,25,28)(H,26,27)(H,29,30,31)/b10-7+,13-12+,17-9+,18-15+/t21-/m0/s1. The van der Waals surface area contributed by atoms with Gasteiger partial charge in [0.05, 0.1) is 0 Å². The molecule has 0 radical (unpaired) electrons. The second-order valence-electron chi connectivity index (χ2n) is 8.85. The van der Waals surface area contributed by atoms with Crippen LogP contribution in [0.15, 0.2) is 58.7 Å². The van der Waals surface area contributed by atoms with Gasteiger partial charge in [0.15, 0.2) is 0 Å². The van der Waals surface area contributed by atoms with Crippen molar-refractivity contribution in [3.8, 4) is 0 Å². The van der Waals surface area contributed by atoms with E-state index in [1.165, 1.54) is 37.1 Å². The van der Waals surface area contributed by atoms with Gasteiger partial charge in [0.25, 0.3) is 10.1 Å². The predicted octanol–water partition coefficient (Wildman–Crippen LogP) is 3.64. The normalized spacial score (nSPS) is 18.8. The molecule has 0 saturated carbocycles. The van der Waals surface area contributed by atoms with Crippen LogP contribution in [0.1, 0.15) is 53.9 Å². The molecule has 0 heterocycles. The summed E-state index contributed by atoms with van der Waals surface area (Å²) in [5, 5.41) is 4.55. The van der Waals surface area contributed by atoms with Crippen LogP contribution in [0, 0.1) is 5.41 Å². The molecule has 0 unspecified atom stereocenters. The topological polar surface area (TPSA) is 113 Å². The van der Waals surface area contributed by atoms with Crippen molar-refractivity contribution in [1.29, 1.82) is 0 Å². The SMILES string of the molecule is CNC(=O)[C@H](CS(=O)(=O)O)NC(=O)/C=C(C)/C=C/C=C(C)/C=C/C1=C(C)CCCC1(C)C. The molecule has 1 rings (SSSR count). The van der Waals surface area contributed by atoms with Gasteiger partial charge in [-0.15, -0.1) is 0 Å². The van der Waals surface area contributed by atoms with Gasteiger partial charge in [0.2, 0.25) is 11.8 Å². The molecule has 1 atom stereocenters. The molecule has 0 fully saturated rings. The van der Waals surface area contributed by atoms with E-state index in [0.29, 0.717) is 5.57 Å². The van der Waals surface area contributed by atoms with Gasteiger partial charge in [-0.25, -0.2) is 0 Å². The number of hydrogen-bond acceptors (Lipinski definition) is 4. The van der Waals surface area contributed by atoms with Crippen LogP contribution in [-0.2, 0) is 19.7 Å². The number of rotatable bonds is 9. The zero-order valence-corrected chi connectivity index (χ0v) is 20.7. The van der Waals surface area contributed by atoms with Crippen LogP contribution < -0.4 is 10.6 Å². The number of allylic oxidation sites excluding steroid dienone is 9. The first-order chi connectivity index (χ1) is 14.7. The summed E-state index contributed by atoms with van der Waals surface area (Å²) < 4.78 is 31.1. The minimum Gasteiger partial charge on any atom is -0.357 e. The van der Waals surface area contributed by atoms with Crippen LogP contribution in [0.5, 0.6) is 0 Å². The van der Waals surface area contributed by atoms with Crippen molar-refractivity contribution in [3.05, 3.63) is 58.7 Å². The van der Waals surface area contributed by atoms with Gasteiger partial charge in [-0.2, -0.15) is 8.42 Å². The van der Waals surface area contributed by atoms with Crippen molar-refractivity contribution in [2.45, 2.75) is 59.9 Å². The van der Waals surface area contributed by atoms with Crippen molar-refractivity contribution < 1.29 is 22.6 Å². The Kier molecular flexibility index (Phi) is 10.3. The Bertz CT molecular complexity index is 966. The fourth-order valence-corrected chi connectivity index (χ4v) is 4.32. The van der Waals surface area contributed by atoms with Crippen molar-refractivity contribution in [2.75, 3.05) is 12.8 Å². The third-order valence-corrected chi connectivity index (χ3v) is 6.14. The molecule has 0 saturated heterocycles. The maximum atomic E-state index is 12.1. The molecule has 0 spiro atoms. The van der Waals surface area contributed by atoms with Crippen LogP contribution in [0.4, 0.5) is 0 Å². The van der Waals surface area contributed by atoms with Crippen LogP contribution in [0.2, 0.25) is 0 Å². The Morgan fingerprint density at radius 2 is 1.84 bits per heavy atom. The molecule has 0 aromatic carbocycles. The Balaban J connectivity index is 2.80. The van der Waals surface area contributed by atoms with Crippen LogP contribution in [-0.4, -0.2) is 43.6 Å². The Labute approximate surface area is 192 Å². The molecule has 1 aliphatic rings. The molecular weight excluding hydrogens is 428 g/mol. The van der Waals surface area contributed by atoms with E-state index in [1.807, 2.05) is 19.1 Å². The van der Waals surface area contributed by atoms with E-state index >= 15 is 0 Å². The van der Waals surface area contributed by atoms with Gasteiger partial charge < -0.3 is 10.6 Å². The Morgan fingerprint density at radius 3 is 2.41 bits per heavy atom. The predicted molar refractivity (Wildman–Crippen MR) is 129 cm³/mol. The monoisotopic (exact) mass is 464 g/mol. The number of likely N-dealkylation sites (N-methyl/N-ethyl adjacent to an activating group) is 1. The highest BCUT2D eigenvalue weighted by Gasteiger charge is 2.26. The average Bonchev–Trinajstić information content (AvgIpc) is 2.64. The minimum absolute atomic E-state index is 0.184. The first-order valence-electron chi connectivity index (χ1n) is 10.6. The average molecular weight is 465 g/mol. The summed E-state index contributed by atoms with van der Waals surface area (Å²) in [6.45, 7) is 10.5. The molecule has 32 heavy (non-hydrogen) atoms. The minimum atomic E-state index is -4.43. The Morgan fingerprint density at radius 1 is 1.19 bits per heavy atom. The molecule has 8 heteroatoms. The van der Waals surface area contributed by atoms with Crippen LogP contribution >= 0.6 is 0 Å². The highest BCUT2D eigenvalue weighted by atomic mass is 32.2. The Hall–Kier alpha value is -2.45. The molecule has 0 aromatic heterocycles. The molecule has 2 amide bonds. The van der Waals surface area contributed by atoms with Gasteiger partial charge in [-0.05, 0) is 56.6 Å². The molecule has 7 nitrogen and oxygen atoms in total. The number of hydrogen-bond donors (Lipinski definition) is 3. The smallest absolute Gasteiger partial charge is 0.267 e. The van der Waals surface area contributed by atoms with Gasteiger partial charge in [0.1, 0.15) is 11.8 Å². The van der Waals surface area contributed by atoms with E-state index in [0.717, 1.165) is 12.0 Å². The lowest BCUT2D eigenvalue weighted by Crippen LogP contribution is -2.49. The van der Waals surface area contributed by atoms with Gasteiger partial charge in [-0.1, -0.05) is 55.4 Å². The zero-order valence-electron chi connectivity index (χ0n) is 19.9. The summed E-state index contributed by atoms with van der Waals surface area (Å²) in [6.07, 6.45) is 14.6. The summed E-state index contributed by atoms with van der Waals surface area (Å²) in [4.78, 5) is 23.9. The lowest BCUT2D eigenvalue weighted by molar-refractivity contribution is -0.126. The van der Waals surface area contributed by atoms with E-state index < -0.39 is 33.7 Å². The number of carbonyl (C=O) groups is 2. The number of carbonyl (C=O) groups excluding carboxylic acids is 2. The fourth-order valence-electron chi connectivity index (χ4n) is 3.67. The third kappa shape index (κ3) is 9.78. The lowest BCUT2D eigenvalue weighted by Gasteiger charge is -2.32. The quantitative estimate of drug-likeness (QED) is 0.274. The highest BCUT2D eigenvalue weighted by Crippen LogP contribution is 2.40. The van der Waals surface area contributed by atoms with Crippen molar-refractivity contribution in [2.24, 2.45) is 5.41 Å². The number of amides is 2. The first-order valence-corrected chi connectivity index (χ1v) is 12.2. The van der Waals surface area contributed by atoms with E-state index in [2.05, 4.69) is 43.6 Å².